The summed E-state index contributed by atoms with van der Waals surface area (Å²) < 4.78 is 61.7. The Balaban J connectivity index is 5.07. The van der Waals surface area contributed by atoms with Crippen molar-refractivity contribution in [2.45, 2.75) is 45.3 Å². The molecule has 0 aromatic rings. The summed E-state index contributed by atoms with van der Waals surface area (Å²) in [7, 11) is -3.91. The molecule has 0 atom stereocenters. The van der Waals surface area contributed by atoms with Crippen molar-refractivity contribution in [1.29, 1.82) is 0 Å². The minimum Gasteiger partial charge on any atom is -0.212 e. The maximum atomic E-state index is 12.5. The monoisotopic (exact) mass is 309 g/mol. The van der Waals surface area contributed by atoms with Gasteiger partial charge in [-0.3, -0.25) is 0 Å². The van der Waals surface area contributed by atoms with Crippen molar-refractivity contribution in [2.75, 3.05) is 18.2 Å². The smallest absolute Gasteiger partial charge is 0.212 e. The fourth-order valence-electron chi connectivity index (χ4n) is 1.68. The first-order valence-electron chi connectivity index (χ1n) is 5.80. The molecule has 0 bridgehead atoms. The Morgan fingerprint density at radius 1 is 1.22 bits per heavy atom. The van der Waals surface area contributed by atoms with E-state index < -0.39 is 28.8 Å². The van der Waals surface area contributed by atoms with Crippen molar-refractivity contribution < 1.29 is 21.6 Å². The van der Waals surface area contributed by atoms with Crippen LogP contribution in [-0.4, -0.2) is 43.1 Å². The molecule has 0 unspecified atom stereocenters. The summed E-state index contributed by atoms with van der Waals surface area (Å²) in [6.07, 6.45) is -3.67. The Morgan fingerprint density at radius 3 is 2.06 bits per heavy atom. The molecular formula is C10H19ClF3NO2S. The van der Waals surface area contributed by atoms with Gasteiger partial charge >= 0.3 is 6.18 Å². The number of alkyl halides is 4. The maximum absolute atomic E-state index is 12.5. The van der Waals surface area contributed by atoms with E-state index in [9.17, 15) is 21.6 Å². The highest BCUT2D eigenvalue weighted by atomic mass is 35.5. The molecule has 110 valence electrons. The van der Waals surface area contributed by atoms with E-state index in [2.05, 4.69) is 0 Å². The molecule has 0 aliphatic carbocycles. The van der Waals surface area contributed by atoms with Gasteiger partial charge in [-0.15, -0.1) is 11.6 Å². The molecule has 18 heavy (non-hydrogen) atoms. The van der Waals surface area contributed by atoms with Crippen molar-refractivity contribution >= 4 is 21.6 Å². The van der Waals surface area contributed by atoms with Crippen LogP contribution in [0.5, 0.6) is 0 Å². The Bertz CT molecular complexity index is 329. The molecule has 0 heterocycles. The zero-order valence-corrected chi connectivity index (χ0v) is 12.1. The lowest BCUT2D eigenvalue weighted by Gasteiger charge is -2.30. The highest BCUT2D eigenvalue weighted by molar-refractivity contribution is 7.89. The number of nitrogens with zero attached hydrogens (tertiary/aromatic N) is 1. The van der Waals surface area contributed by atoms with E-state index in [1.54, 1.807) is 13.8 Å². The summed E-state index contributed by atoms with van der Waals surface area (Å²) >= 11 is 5.39. The third kappa shape index (κ3) is 6.24. The second kappa shape index (κ2) is 7.55. The Labute approximate surface area is 111 Å². The van der Waals surface area contributed by atoms with E-state index in [-0.39, 0.29) is 18.1 Å². The number of rotatable bonds is 8. The van der Waals surface area contributed by atoms with Crippen LogP contribution in [0, 0.1) is 0 Å². The van der Waals surface area contributed by atoms with Crippen LogP contribution in [0.4, 0.5) is 13.2 Å². The molecule has 3 nitrogen and oxygen atoms in total. The van der Waals surface area contributed by atoms with Crippen molar-refractivity contribution in [2.24, 2.45) is 0 Å². The third-order valence-electron chi connectivity index (χ3n) is 2.58. The molecule has 0 spiro atoms. The maximum Gasteiger partial charge on any atom is 0.402 e. The van der Waals surface area contributed by atoms with Crippen LogP contribution >= 0.6 is 11.6 Å². The van der Waals surface area contributed by atoms with Crippen LogP contribution < -0.4 is 0 Å². The number of hydrogen-bond donors (Lipinski definition) is 0. The topological polar surface area (TPSA) is 37.4 Å². The molecule has 0 amide bonds. The number of sulfonamides is 1. The lowest BCUT2D eigenvalue weighted by atomic mass is 10.2. The lowest BCUT2D eigenvalue weighted by molar-refractivity contribution is -0.139. The second-order valence-corrected chi connectivity index (χ2v) is 6.41. The van der Waals surface area contributed by atoms with Gasteiger partial charge in [-0.25, -0.2) is 8.42 Å². The highest BCUT2D eigenvalue weighted by Gasteiger charge is 2.38. The van der Waals surface area contributed by atoms with Gasteiger partial charge in [0, 0.05) is 11.9 Å². The molecule has 0 aromatic carbocycles. The standard InChI is InChI=1S/C10H19ClF3NO2S/c1-3-9(4-2)15(8-10(12,13)14)18(16,17)7-5-6-11/h9H,3-8H2,1-2H3. The first kappa shape index (κ1) is 18.0. The molecule has 0 radical (unpaired) electrons. The summed E-state index contributed by atoms with van der Waals surface area (Å²) in [6, 6.07) is -0.619. The van der Waals surface area contributed by atoms with Gasteiger partial charge in [-0.05, 0) is 19.3 Å². The lowest BCUT2D eigenvalue weighted by Crippen LogP contribution is -2.46. The van der Waals surface area contributed by atoms with Gasteiger partial charge in [-0.1, -0.05) is 13.8 Å². The first-order chi connectivity index (χ1) is 8.18. The highest BCUT2D eigenvalue weighted by Crippen LogP contribution is 2.23. The largest absolute Gasteiger partial charge is 0.402 e. The molecule has 8 heteroatoms. The quantitative estimate of drug-likeness (QED) is 0.646. The first-order valence-corrected chi connectivity index (χ1v) is 7.94. The molecule has 0 fully saturated rings. The summed E-state index contributed by atoms with van der Waals surface area (Å²) in [5, 5.41) is 0. The van der Waals surface area contributed by atoms with Gasteiger partial charge in [0.2, 0.25) is 10.0 Å². The van der Waals surface area contributed by atoms with Crippen molar-refractivity contribution in [3.63, 3.8) is 0 Å². The zero-order chi connectivity index (χ0) is 14.4. The van der Waals surface area contributed by atoms with Crippen molar-refractivity contribution in [1.82, 2.24) is 4.31 Å². The molecule has 0 saturated carbocycles. The SMILES string of the molecule is CCC(CC)N(CC(F)(F)F)S(=O)(=O)CCCCl. The third-order valence-corrected chi connectivity index (χ3v) is 4.79. The average molecular weight is 310 g/mol. The summed E-state index contributed by atoms with van der Waals surface area (Å²) in [5.41, 5.74) is 0. The van der Waals surface area contributed by atoms with Gasteiger partial charge in [0.15, 0.2) is 0 Å². The Hall–Kier alpha value is -0.0100. The van der Waals surface area contributed by atoms with Crippen molar-refractivity contribution in [3.05, 3.63) is 0 Å². The van der Waals surface area contributed by atoms with Gasteiger partial charge in [0.1, 0.15) is 6.54 Å². The van der Waals surface area contributed by atoms with Gasteiger partial charge in [0.05, 0.1) is 5.75 Å². The minimum atomic E-state index is -4.53. The molecular weight excluding hydrogens is 291 g/mol. The number of hydrogen-bond acceptors (Lipinski definition) is 2. The van der Waals surface area contributed by atoms with Crippen LogP contribution in [0.15, 0.2) is 0 Å². The predicted octanol–water partition coefficient (Wildman–Crippen LogP) is 3.00. The molecule has 0 N–H and O–H groups in total. The normalized spacial score (nSPS) is 13.6. The van der Waals surface area contributed by atoms with Crippen LogP contribution in [0.2, 0.25) is 0 Å². The van der Waals surface area contributed by atoms with E-state index in [4.69, 9.17) is 11.6 Å². The van der Waals surface area contributed by atoms with Crippen LogP contribution in [0.3, 0.4) is 0 Å². The fraction of sp³-hybridized carbons (Fsp3) is 1.00. The molecule has 0 aromatic heterocycles. The van der Waals surface area contributed by atoms with E-state index in [0.717, 1.165) is 0 Å². The van der Waals surface area contributed by atoms with E-state index in [0.29, 0.717) is 17.1 Å². The Morgan fingerprint density at radius 2 is 1.72 bits per heavy atom. The van der Waals surface area contributed by atoms with Crippen molar-refractivity contribution in [3.8, 4) is 0 Å². The molecule has 0 aliphatic heterocycles. The fourth-order valence-corrected chi connectivity index (χ4v) is 3.81. The van der Waals surface area contributed by atoms with Crippen LogP contribution in [-0.2, 0) is 10.0 Å². The summed E-state index contributed by atoms with van der Waals surface area (Å²) in [6.45, 7) is 1.92. The summed E-state index contributed by atoms with van der Waals surface area (Å²) in [5.74, 6) is -0.231. The van der Waals surface area contributed by atoms with Gasteiger partial charge < -0.3 is 0 Å². The Kier molecular flexibility index (Phi) is 7.54. The molecule has 0 saturated heterocycles. The molecule has 0 aliphatic rings. The zero-order valence-electron chi connectivity index (χ0n) is 10.5. The minimum absolute atomic E-state index is 0.113. The summed E-state index contributed by atoms with van der Waals surface area (Å²) in [4.78, 5) is 0. The predicted molar refractivity (Wildman–Crippen MR) is 66.3 cm³/mol. The van der Waals surface area contributed by atoms with E-state index in [1.807, 2.05) is 0 Å². The average Bonchev–Trinajstić information content (AvgIpc) is 2.25. The van der Waals surface area contributed by atoms with Crippen LogP contribution in [0.1, 0.15) is 33.1 Å². The van der Waals surface area contributed by atoms with Crippen LogP contribution in [0.25, 0.3) is 0 Å². The molecule has 0 rings (SSSR count). The second-order valence-electron chi connectivity index (χ2n) is 3.99. The number of halogens is 4. The van der Waals surface area contributed by atoms with E-state index >= 15 is 0 Å². The van der Waals surface area contributed by atoms with Gasteiger partial charge in [-0.2, -0.15) is 17.5 Å². The van der Waals surface area contributed by atoms with Gasteiger partial charge in [0.25, 0.3) is 0 Å². The van der Waals surface area contributed by atoms with E-state index in [1.165, 1.54) is 0 Å².